The third-order valence-corrected chi connectivity index (χ3v) is 8.46. The molecule has 3 N–H and O–H groups in total. The van der Waals surface area contributed by atoms with Crippen LogP contribution in [0, 0.1) is 24.6 Å². The van der Waals surface area contributed by atoms with Gasteiger partial charge in [-0.3, -0.25) is 0 Å². The first kappa shape index (κ1) is 21.7. The van der Waals surface area contributed by atoms with Crippen molar-refractivity contribution in [3.05, 3.63) is 58.5 Å². The highest BCUT2D eigenvalue weighted by Gasteiger charge is 2.28. The lowest BCUT2D eigenvalue weighted by molar-refractivity contribution is 0.0841. The molecule has 3 aromatic carbocycles. The summed E-state index contributed by atoms with van der Waals surface area (Å²) in [7, 11) is 0. The van der Waals surface area contributed by atoms with Crippen molar-refractivity contribution in [2.24, 2.45) is 11.8 Å². The number of rotatable bonds is 3. The molecule has 3 aromatic heterocycles. The number of hydrogen-bond donors (Lipinski definition) is 3. The summed E-state index contributed by atoms with van der Waals surface area (Å²) in [6, 6.07) is 11.3. The normalized spacial score (nSPS) is 19.6. The van der Waals surface area contributed by atoms with Gasteiger partial charge in [0.2, 0.25) is 0 Å². The Morgan fingerprint density at radius 3 is 2.53 bits per heavy atom. The Morgan fingerprint density at radius 2 is 1.78 bits per heavy atom. The van der Waals surface area contributed by atoms with E-state index in [2.05, 4.69) is 59.7 Å². The van der Waals surface area contributed by atoms with E-state index in [-0.39, 0.29) is 5.82 Å². The second kappa shape index (κ2) is 7.47. The zero-order chi connectivity index (χ0) is 24.9. The largest absolute Gasteiger partial charge is 0.373 e. The van der Waals surface area contributed by atoms with Crippen LogP contribution in [0.4, 0.5) is 4.39 Å². The maximum absolute atomic E-state index is 14.4. The summed E-state index contributed by atoms with van der Waals surface area (Å²) in [5, 5.41) is 19.2. The zero-order valence-corrected chi connectivity index (χ0v) is 20.7. The first-order valence-electron chi connectivity index (χ1n) is 12.9. The van der Waals surface area contributed by atoms with E-state index in [9.17, 15) is 9.50 Å². The number of H-pyrrole nitrogens is 2. The molecule has 0 spiro atoms. The first-order chi connectivity index (χ1) is 17.3. The van der Waals surface area contributed by atoms with Crippen molar-refractivity contribution in [3.63, 3.8) is 0 Å². The van der Waals surface area contributed by atoms with E-state index in [1.165, 1.54) is 12.5 Å². The molecule has 0 aliphatic heterocycles. The van der Waals surface area contributed by atoms with E-state index in [1.807, 2.05) is 0 Å². The van der Waals surface area contributed by atoms with Crippen LogP contribution < -0.4 is 10.7 Å². The predicted octanol–water partition coefficient (Wildman–Crippen LogP) is 6.50. The van der Waals surface area contributed by atoms with Gasteiger partial charge in [-0.25, -0.2) is 4.39 Å². The molecule has 182 valence electrons. The number of hydrogen-bond acceptors (Lipinski definition) is 1. The number of benzene rings is 3. The van der Waals surface area contributed by atoms with E-state index in [4.69, 9.17) is 0 Å². The van der Waals surface area contributed by atoms with Crippen molar-refractivity contribution < 1.29 is 9.50 Å². The van der Waals surface area contributed by atoms with Gasteiger partial charge in [0.05, 0.1) is 16.6 Å². The van der Waals surface area contributed by atoms with Gasteiger partial charge >= 0.3 is 0 Å². The van der Waals surface area contributed by atoms with Crippen molar-refractivity contribution in [3.8, 4) is 0 Å². The van der Waals surface area contributed by atoms with Crippen molar-refractivity contribution in [2.45, 2.75) is 45.8 Å². The van der Waals surface area contributed by atoms with Gasteiger partial charge in [0.25, 0.3) is 0 Å². The molecule has 4 nitrogen and oxygen atoms in total. The van der Waals surface area contributed by atoms with E-state index in [0.717, 1.165) is 89.9 Å². The minimum Gasteiger partial charge on any atom is -0.373 e. The molecule has 0 radical (unpaired) electrons. The molecule has 1 aliphatic rings. The SMILES string of the molecule is C=c1[nH]c(=C)c2c1c1c3cc(F)ccc3[nH]c1c1c2c2cc(C)ccc2n1[C@@H](O)CC1CCC(C)C1. The zero-order valence-electron chi connectivity index (χ0n) is 20.7. The summed E-state index contributed by atoms with van der Waals surface area (Å²) in [6.45, 7) is 13.0. The fourth-order valence-electron chi connectivity index (χ4n) is 6.94. The lowest BCUT2D eigenvalue weighted by atomic mass is 10.00. The Kier molecular flexibility index (Phi) is 4.50. The van der Waals surface area contributed by atoms with Crippen LogP contribution >= 0.6 is 0 Å². The molecule has 3 atom stereocenters. The van der Waals surface area contributed by atoms with Crippen LogP contribution in [0.2, 0.25) is 0 Å². The molecular formula is C31H30FN3O. The fraction of sp³-hybridized carbons (Fsp3) is 0.290. The van der Waals surface area contributed by atoms with E-state index < -0.39 is 6.23 Å². The lowest BCUT2D eigenvalue weighted by Gasteiger charge is -2.20. The first-order valence-corrected chi connectivity index (χ1v) is 12.9. The van der Waals surface area contributed by atoms with Gasteiger partial charge < -0.3 is 19.6 Å². The Labute approximate surface area is 207 Å². The van der Waals surface area contributed by atoms with Crippen LogP contribution in [0.1, 0.15) is 44.4 Å². The molecule has 1 fully saturated rings. The van der Waals surface area contributed by atoms with Crippen LogP contribution in [-0.4, -0.2) is 19.6 Å². The minimum atomic E-state index is -0.668. The standard InChI is InChI=1S/C31H30FN3O/c1-15-5-7-19(11-15)13-25(36)35-24-10-6-16(2)12-22(24)29-27-18(4)33-17(3)26(27)28-21-14-20(32)8-9-23(21)34-30(28)31(29)35/h6,8-10,12,14-15,19,25,33-34,36H,3-5,7,11,13H2,1-2H3/t15?,19?,25-/m0/s1. The quantitative estimate of drug-likeness (QED) is 0.267. The number of nitrogens with zero attached hydrogens (tertiary/aromatic N) is 1. The number of aromatic amines is 2. The highest BCUT2D eigenvalue weighted by molar-refractivity contribution is 6.35. The smallest absolute Gasteiger partial charge is 0.131 e. The summed E-state index contributed by atoms with van der Waals surface area (Å²) in [5.74, 6) is 0.937. The molecule has 0 amide bonds. The van der Waals surface area contributed by atoms with Gasteiger partial charge in [0.1, 0.15) is 12.0 Å². The number of aryl methyl sites for hydroxylation is 1. The molecule has 5 heteroatoms. The molecular weight excluding hydrogens is 449 g/mol. The third-order valence-electron chi connectivity index (χ3n) is 8.46. The number of aliphatic hydroxyl groups is 1. The number of aliphatic hydroxyl groups excluding tert-OH is 1. The molecule has 1 aliphatic carbocycles. The molecule has 2 unspecified atom stereocenters. The van der Waals surface area contributed by atoms with Crippen LogP contribution in [-0.2, 0) is 0 Å². The molecule has 3 heterocycles. The Bertz CT molecular complexity index is 1960. The van der Waals surface area contributed by atoms with Crippen LogP contribution in [0.3, 0.4) is 0 Å². The average molecular weight is 480 g/mol. The van der Waals surface area contributed by atoms with Gasteiger partial charge in [-0.05, 0) is 61.9 Å². The maximum atomic E-state index is 14.4. The monoisotopic (exact) mass is 479 g/mol. The molecule has 1 saturated carbocycles. The van der Waals surface area contributed by atoms with Gasteiger partial charge in [-0.1, -0.05) is 44.6 Å². The number of aromatic nitrogens is 3. The van der Waals surface area contributed by atoms with Gasteiger partial charge in [-0.2, -0.15) is 0 Å². The Morgan fingerprint density at radius 1 is 1.00 bits per heavy atom. The topological polar surface area (TPSA) is 56.7 Å². The van der Waals surface area contributed by atoms with Crippen molar-refractivity contribution in [1.29, 1.82) is 0 Å². The second-order valence-electron chi connectivity index (χ2n) is 11.0. The van der Waals surface area contributed by atoms with Gasteiger partial charge in [-0.15, -0.1) is 0 Å². The molecule has 0 saturated heterocycles. The van der Waals surface area contributed by atoms with Crippen LogP contribution in [0.5, 0.6) is 0 Å². The Hall–Kier alpha value is -3.57. The lowest BCUT2D eigenvalue weighted by Crippen LogP contribution is -2.12. The summed E-state index contributed by atoms with van der Waals surface area (Å²) in [5.41, 5.74) is 4.85. The van der Waals surface area contributed by atoms with Crippen molar-refractivity contribution >= 4 is 67.5 Å². The number of nitrogens with one attached hydrogen (secondary N) is 2. The van der Waals surface area contributed by atoms with Crippen LogP contribution in [0.15, 0.2) is 36.4 Å². The number of fused-ring (bicyclic) bond motifs is 10. The summed E-state index contributed by atoms with van der Waals surface area (Å²) >= 11 is 0. The van der Waals surface area contributed by atoms with Crippen molar-refractivity contribution in [2.75, 3.05) is 0 Å². The van der Waals surface area contributed by atoms with E-state index in [1.54, 1.807) is 12.1 Å². The predicted molar refractivity (Wildman–Crippen MR) is 148 cm³/mol. The number of halogens is 1. The molecule has 36 heavy (non-hydrogen) atoms. The average Bonchev–Trinajstić information content (AvgIpc) is 3.56. The minimum absolute atomic E-state index is 0.279. The summed E-state index contributed by atoms with van der Waals surface area (Å²) in [6.07, 6.45) is 3.59. The second-order valence-corrected chi connectivity index (χ2v) is 11.0. The maximum Gasteiger partial charge on any atom is 0.131 e. The van der Waals surface area contributed by atoms with Gasteiger partial charge in [0.15, 0.2) is 0 Å². The van der Waals surface area contributed by atoms with Gasteiger partial charge in [0, 0.05) is 48.5 Å². The molecule has 7 rings (SSSR count). The highest BCUT2D eigenvalue weighted by Crippen LogP contribution is 2.44. The van der Waals surface area contributed by atoms with E-state index in [0.29, 0.717) is 11.8 Å². The van der Waals surface area contributed by atoms with Crippen molar-refractivity contribution in [1.82, 2.24) is 14.5 Å². The summed E-state index contributed by atoms with van der Waals surface area (Å²) in [4.78, 5) is 6.94. The Balaban J connectivity index is 1.70. The third kappa shape index (κ3) is 2.89. The summed E-state index contributed by atoms with van der Waals surface area (Å²) < 4.78 is 16.6. The molecule has 6 aromatic rings. The fourth-order valence-corrected chi connectivity index (χ4v) is 6.94. The molecule has 0 bridgehead atoms. The van der Waals surface area contributed by atoms with Crippen LogP contribution in [0.25, 0.3) is 67.5 Å². The van der Waals surface area contributed by atoms with E-state index >= 15 is 0 Å². The highest BCUT2D eigenvalue weighted by atomic mass is 19.1.